The summed E-state index contributed by atoms with van der Waals surface area (Å²) < 4.78 is 19.3. The molecule has 1 heterocycles. The number of rotatable bonds is 4. The van der Waals surface area contributed by atoms with Crippen molar-refractivity contribution in [3.63, 3.8) is 0 Å². The molecule has 1 aromatic carbocycles. The molecule has 0 amide bonds. The van der Waals surface area contributed by atoms with E-state index in [4.69, 9.17) is 4.74 Å². The summed E-state index contributed by atoms with van der Waals surface area (Å²) in [5.74, 6) is -1.87. The first-order valence-corrected chi connectivity index (χ1v) is 6.60. The van der Waals surface area contributed by atoms with Gasteiger partial charge in [0.2, 0.25) is 0 Å². The zero-order valence-electron chi connectivity index (χ0n) is 11.7. The highest BCUT2D eigenvalue weighted by atomic mass is 19.1. The van der Waals surface area contributed by atoms with Crippen LogP contribution in [0.25, 0.3) is 0 Å². The lowest BCUT2D eigenvalue weighted by atomic mass is 9.90. The van der Waals surface area contributed by atoms with Gasteiger partial charge in [-0.15, -0.1) is 0 Å². The lowest BCUT2D eigenvalue weighted by Crippen LogP contribution is -2.30. The summed E-state index contributed by atoms with van der Waals surface area (Å²) in [7, 11) is 0. The summed E-state index contributed by atoms with van der Waals surface area (Å²) in [6, 6.07) is 3.85. The minimum Gasteiger partial charge on any atom is -0.488 e. The zero-order chi connectivity index (χ0) is 14.9. The highest BCUT2D eigenvalue weighted by Crippen LogP contribution is 2.31. The number of carboxylic acid groups (broad SMARTS) is 1. The van der Waals surface area contributed by atoms with Crippen LogP contribution in [0, 0.1) is 11.7 Å². The van der Waals surface area contributed by atoms with Crippen molar-refractivity contribution in [3.8, 4) is 5.75 Å². The summed E-state index contributed by atoms with van der Waals surface area (Å²) in [5.41, 5.74) is 6.37. The summed E-state index contributed by atoms with van der Waals surface area (Å²) in [6.45, 7) is 5.41. The van der Waals surface area contributed by atoms with Gasteiger partial charge in [-0.25, -0.2) is 9.82 Å². The quantitative estimate of drug-likeness (QED) is 0.786. The van der Waals surface area contributed by atoms with E-state index < -0.39 is 23.7 Å². The number of nitrogens with one attached hydrogen (secondary N) is 2. The first-order chi connectivity index (χ1) is 9.40. The highest BCUT2D eigenvalue weighted by Gasteiger charge is 2.39. The van der Waals surface area contributed by atoms with Crippen molar-refractivity contribution in [3.05, 3.63) is 29.6 Å². The van der Waals surface area contributed by atoms with Gasteiger partial charge in [0.25, 0.3) is 0 Å². The van der Waals surface area contributed by atoms with E-state index in [0.717, 1.165) is 0 Å². The lowest BCUT2D eigenvalue weighted by Gasteiger charge is -2.18. The van der Waals surface area contributed by atoms with Crippen LogP contribution in [-0.4, -0.2) is 23.2 Å². The summed E-state index contributed by atoms with van der Waals surface area (Å²) in [6.07, 6.45) is -0.117. The molecule has 20 heavy (non-hydrogen) atoms. The maximum atomic E-state index is 14.0. The molecule has 5 nitrogen and oxygen atoms in total. The molecule has 0 saturated carbocycles. The first-order valence-electron chi connectivity index (χ1n) is 6.60. The fraction of sp³-hybridized carbons (Fsp3) is 0.500. The number of aliphatic carboxylic acids is 1. The Hall–Kier alpha value is -1.66. The molecule has 1 aliphatic rings. The van der Waals surface area contributed by atoms with Gasteiger partial charge < -0.3 is 9.84 Å². The number of carboxylic acids is 1. The van der Waals surface area contributed by atoms with E-state index in [-0.39, 0.29) is 17.9 Å². The average Bonchev–Trinajstić information content (AvgIpc) is 2.73. The maximum absolute atomic E-state index is 14.0. The fourth-order valence-electron chi connectivity index (χ4n) is 2.40. The van der Waals surface area contributed by atoms with Crippen LogP contribution in [0.3, 0.4) is 0 Å². The minimum absolute atomic E-state index is 0.117. The molecule has 0 bridgehead atoms. The molecule has 0 radical (unpaired) electrons. The van der Waals surface area contributed by atoms with E-state index in [1.54, 1.807) is 13.0 Å². The number of hydrogen-bond donors (Lipinski definition) is 3. The van der Waals surface area contributed by atoms with E-state index in [1.807, 2.05) is 13.8 Å². The molecule has 1 aliphatic heterocycles. The van der Waals surface area contributed by atoms with Crippen molar-refractivity contribution >= 4 is 5.97 Å². The molecule has 0 aromatic heterocycles. The molecule has 3 unspecified atom stereocenters. The van der Waals surface area contributed by atoms with Crippen molar-refractivity contribution < 1.29 is 19.0 Å². The third kappa shape index (κ3) is 2.91. The van der Waals surface area contributed by atoms with Gasteiger partial charge in [-0.3, -0.25) is 10.2 Å². The third-order valence-electron chi connectivity index (χ3n) is 3.33. The number of hydrogen-bond acceptors (Lipinski definition) is 4. The van der Waals surface area contributed by atoms with Crippen LogP contribution in [0.1, 0.15) is 32.4 Å². The van der Waals surface area contributed by atoms with Crippen molar-refractivity contribution in [2.24, 2.45) is 5.92 Å². The zero-order valence-corrected chi connectivity index (χ0v) is 11.7. The Labute approximate surface area is 117 Å². The molecular weight excluding hydrogens is 263 g/mol. The molecule has 1 saturated heterocycles. The molecule has 110 valence electrons. The SMILES string of the molecule is CC(C)Oc1ccc(C2NNC(C)C2C(=O)O)cc1F. The normalized spacial score (nSPS) is 25.9. The monoisotopic (exact) mass is 282 g/mol. The van der Waals surface area contributed by atoms with E-state index in [2.05, 4.69) is 10.9 Å². The molecule has 1 fully saturated rings. The Balaban J connectivity index is 2.25. The molecule has 0 spiro atoms. The van der Waals surface area contributed by atoms with E-state index in [1.165, 1.54) is 12.1 Å². The summed E-state index contributed by atoms with van der Waals surface area (Å²) >= 11 is 0. The second-order valence-corrected chi connectivity index (χ2v) is 5.28. The Morgan fingerprint density at radius 2 is 2.10 bits per heavy atom. The van der Waals surface area contributed by atoms with Crippen LogP contribution in [0.5, 0.6) is 5.75 Å². The average molecular weight is 282 g/mol. The van der Waals surface area contributed by atoms with Gasteiger partial charge >= 0.3 is 5.97 Å². The molecular formula is C14H19FN2O3. The summed E-state index contributed by atoms with van der Waals surface area (Å²) in [5, 5.41) is 9.26. The van der Waals surface area contributed by atoms with E-state index in [9.17, 15) is 14.3 Å². The Morgan fingerprint density at radius 1 is 1.40 bits per heavy atom. The molecule has 0 aliphatic carbocycles. The van der Waals surface area contributed by atoms with Crippen molar-refractivity contribution in [2.75, 3.05) is 0 Å². The smallest absolute Gasteiger partial charge is 0.310 e. The van der Waals surface area contributed by atoms with Gasteiger partial charge in [-0.2, -0.15) is 0 Å². The standard InChI is InChI=1S/C14H19FN2O3/c1-7(2)20-11-5-4-9(6-10(11)15)13-12(14(18)19)8(3)16-17-13/h4-8,12-13,16-17H,1-3H3,(H,18,19). The predicted molar refractivity (Wildman–Crippen MR) is 71.8 cm³/mol. The van der Waals surface area contributed by atoms with Gasteiger partial charge in [0.15, 0.2) is 11.6 Å². The van der Waals surface area contributed by atoms with Crippen LogP contribution in [0.4, 0.5) is 4.39 Å². The third-order valence-corrected chi connectivity index (χ3v) is 3.33. The Morgan fingerprint density at radius 3 is 2.65 bits per heavy atom. The van der Waals surface area contributed by atoms with Crippen LogP contribution in [0.2, 0.25) is 0 Å². The maximum Gasteiger partial charge on any atom is 0.310 e. The van der Waals surface area contributed by atoms with Gasteiger partial charge in [0.05, 0.1) is 18.1 Å². The number of ether oxygens (including phenoxy) is 1. The second kappa shape index (κ2) is 5.76. The topological polar surface area (TPSA) is 70.6 Å². The molecule has 3 N–H and O–H groups in total. The predicted octanol–water partition coefficient (Wildman–Crippen LogP) is 1.85. The highest BCUT2D eigenvalue weighted by molar-refractivity contribution is 5.72. The van der Waals surface area contributed by atoms with Crippen LogP contribution in [0.15, 0.2) is 18.2 Å². The lowest BCUT2D eigenvalue weighted by molar-refractivity contribution is -0.142. The van der Waals surface area contributed by atoms with Crippen molar-refractivity contribution in [1.29, 1.82) is 0 Å². The van der Waals surface area contributed by atoms with Crippen molar-refractivity contribution in [1.82, 2.24) is 10.9 Å². The van der Waals surface area contributed by atoms with E-state index in [0.29, 0.717) is 5.56 Å². The number of benzene rings is 1. The number of halogens is 1. The second-order valence-electron chi connectivity index (χ2n) is 5.28. The fourth-order valence-corrected chi connectivity index (χ4v) is 2.40. The van der Waals surface area contributed by atoms with Gasteiger partial charge in [0.1, 0.15) is 0 Å². The van der Waals surface area contributed by atoms with Crippen LogP contribution >= 0.6 is 0 Å². The van der Waals surface area contributed by atoms with Gasteiger partial charge in [0, 0.05) is 6.04 Å². The minimum atomic E-state index is -0.914. The Bertz CT molecular complexity index is 507. The van der Waals surface area contributed by atoms with Gasteiger partial charge in [-0.05, 0) is 38.5 Å². The number of hydrazine groups is 1. The van der Waals surface area contributed by atoms with Crippen molar-refractivity contribution in [2.45, 2.75) is 39.0 Å². The van der Waals surface area contributed by atoms with Gasteiger partial charge in [-0.1, -0.05) is 6.07 Å². The first kappa shape index (κ1) is 14.7. The Kier molecular flexibility index (Phi) is 4.25. The van der Waals surface area contributed by atoms with Crippen LogP contribution < -0.4 is 15.6 Å². The largest absolute Gasteiger partial charge is 0.488 e. The molecule has 1 aromatic rings. The van der Waals surface area contributed by atoms with E-state index >= 15 is 0 Å². The summed E-state index contributed by atoms with van der Waals surface area (Å²) in [4.78, 5) is 11.3. The molecule has 3 atom stereocenters. The molecule has 2 rings (SSSR count). The van der Waals surface area contributed by atoms with Crippen LogP contribution in [-0.2, 0) is 4.79 Å². The molecule has 6 heteroatoms. The number of carbonyl (C=O) groups is 1.